The van der Waals surface area contributed by atoms with E-state index in [1.807, 2.05) is 36.6 Å². The van der Waals surface area contributed by atoms with E-state index >= 15 is 0 Å². The highest BCUT2D eigenvalue weighted by atomic mass is 79.9. The van der Waals surface area contributed by atoms with Crippen molar-refractivity contribution in [3.8, 4) is 11.1 Å². The third-order valence-corrected chi connectivity index (χ3v) is 6.58. The molecule has 7 nitrogen and oxygen atoms in total. The number of carbonyl (C=O) groups excluding carboxylic acids is 2. The summed E-state index contributed by atoms with van der Waals surface area (Å²) in [6.45, 7) is 2.22. The molecule has 34 heavy (non-hydrogen) atoms. The summed E-state index contributed by atoms with van der Waals surface area (Å²) in [6.07, 6.45) is 3.15. The van der Waals surface area contributed by atoms with Crippen LogP contribution in [0.25, 0.3) is 21.3 Å². The zero-order valence-electron chi connectivity index (χ0n) is 18.4. The highest BCUT2D eigenvalue weighted by molar-refractivity contribution is 9.10. The van der Waals surface area contributed by atoms with E-state index in [1.54, 1.807) is 24.3 Å². The average Bonchev–Trinajstić information content (AvgIpc) is 3.27. The standard InChI is InChI=1S/C25H22BrN3O4S/c1-2-3-12-33-25(32)17-6-10-19(11-7-17)28-21(30)13-29-15-27-23-22(24(29)31)20(14-34-23)16-4-8-18(26)9-5-16/h4-11,14-15H,2-3,12-13H2,1H3,(H,28,30). The molecular weight excluding hydrogens is 518 g/mol. The first-order valence-electron chi connectivity index (χ1n) is 10.8. The summed E-state index contributed by atoms with van der Waals surface area (Å²) >= 11 is 4.81. The van der Waals surface area contributed by atoms with Gasteiger partial charge in [-0.15, -0.1) is 11.3 Å². The quantitative estimate of drug-likeness (QED) is 0.236. The number of rotatable bonds is 8. The molecule has 1 N–H and O–H groups in total. The van der Waals surface area contributed by atoms with Gasteiger partial charge in [0, 0.05) is 21.1 Å². The third-order valence-electron chi connectivity index (χ3n) is 5.17. The van der Waals surface area contributed by atoms with Crippen LogP contribution in [-0.2, 0) is 16.1 Å². The summed E-state index contributed by atoms with van der Waals surface area (Å²) in [5.41, 5.74) is 2.36. The lowest BCUT2D eigenvalue weighted by atomic mass is 10.1. The number of amides is 1. The monoisotopic (exact) mass is 539 g/mol. The lowest BCUT2D eigenvalue weighted by Crippen LogP contribution is -2.27. The number of nitrogens with one attached hydrogen (secondary N) is 1. The first-order valence-corrected chi connectivity index (χ1v) is 12.4. The second-order valence-corrected chi connectivity index (χ2v) is 9.40. The molecule has 0 unspecified atom stereocenters. The van der Waals surface area contributed by atoms with Gasteiger partial charge < -0.3 is 10.1 Å². The van der Waals surface area contributed by atoms with Crippen LogP contribution >= 0.6 is 27.3 Å². The van der Waals surface area contributed by atoms with Crippen molar-refractivity contribution in [2.24, 2.45) is 0 Å². The van der Waals surface area contributed by atoms with E-state index in [4.69, 9.17) is 4.74 Å². The minimum Gasteiger partial charge on any atom is -0.462 e. The molecule has 0 bridgehead atoms. The van der Waals surface area contributed by atoms with Crippen molar-refractivity contribution in [1.29, 1.82) is 0 Å². The Morgan fingerprint density at radius 2 is 1.85 bits per heavy atom. The summed E-state index contributed by atoms with van der Waals surface area (Å²) in [7, 11) is 0. The predicted octanol–water partition coefficient (Wildman–Crippen LogP) is 5.48. The number of halogens is 1. The molecule has 0 radical (unpaired) electrons. The van der Waals surface area contributed by atoms with E-state index in [-0.39, 0.29) is 18.0 Å². The molecule has 0 saturated carbocycles. The number of nitrogens with zero attached hydrogens (tertiary/aromatic N) is 2. The van der Waals surface area contributed by atoms with Crippen LogP contribution in [0, 0.1) is 0 Å². The van der Waals surface area contributed by atoms with Crippen LogP contribution in [0.15, 0.2) is 69.5 Å². The molecule has 2 heterocycles. The van der Waals surface area contributed by atoms with Gasteiger partial charge in [-0.1, -0.05) is 41.4 Å². The molecule has 0 aliphatic rings. The van der Waals surface area contributed by atoms with Crippen molar-refractivity contribution in [2.75, 3.05) is 11.9 Å². The van der Waals surface area contributed by atoms with E-state index in [9.17, 15) is 14.4 Å². The summed E-state index contributed by atoms with van der Waals surface area (Å²) in [5.74, 6) is -0.767. The lowest BCUT2D eigenvalue weighted by Gasteiger charge is -2.09. The van der Waals surface area contributed by atoms with Crippen LogP contribution in [0.3, 0.4) is 0 Å². The SMILES string of the molecule is CCCCOC(=O)c1ccc(NC(=O)Cn2cnc3scc(-c4ccc(Br)cc4)c3c2=O)cc1. The largest absolute Gasteiger partial charge is 0.462 e. The van der Waals surface area contributed by atoms with Crippen LogP contribution < -0.4 is 10.9 Å². The number of esters is 1. The number of ether oxygens (including phenoxy) is 1. The minimum atomic E-state index is -0.394. The lowest BCUT2D eigenvalue weighted by molar-refractivity contribution is -0.116. The minimum absolute atomic E-state index is 0.182. The Hall–Kier alpha value is -3.30. The van der Waals surface area contributed by atoms with Crippen LogP contribution in [0.4, 0.5) is 5.69 Å². The van der Waals surface area contributed by atoms with Gasteiger partial charge >= 0.3 is 5.97 Å². The fraction of sp³-hybridized carbons (Fsp3) is 0.200. The van der Waals surface area contributed by atoms with Crippen LogP contribution in [0.5, 0.6) is 0 Å². The van der Waals surface area contributed by atoms with Crippen molar-refractivity contribution in [3.05, 3.63) is 80.6 Å². The van der Waals surface area contributed by atoms with Crippen LogP contribution in [0.2, 0.25) is 0 Å². The highest BCUT2D eigenvalue weighted by Crippen LogP contribution is 2.31. The summed E-state index contributed by atoms with van der Waals surface area (Å²) in [4.78, 5) is 42.8. The molecule has 1 amide bonds. The van der Waals surface area contributed by atoms with Gasteiger partial charge in [0.05, 0.1) is 23.9 Å². The van der Waals surface area contributed by atoms with Gasteiger partial charge in [-0.2, -0.15) is 0 Å². The number of thiophene rings is 1. The smallest absolute Gasteiger partial charge is 0.338 e. The van der Waals surface area contributed by atoms with E-state index in [1.165, 1.54) is 22.2 Å². The maximum absolute atomic E-state index is 13.2. The molecule has 0 atom stereocenters. The number of fused-ring (bicyclic) bond motifs is 1. The normalized spacial score (nSPS) is 10.9. The molecule has 9 heteroatoms. The predicted molar refractivity (Wildman–Crippen MR) is 137 cm³/mol. The molecule has 4 aromatic rings. The third kappa shape index (κ3) is 5.43. The molecule has 0 fully saturated rings. The number of anilines is 1. The van der Waals surface area contributed by atoms with Gasteiger partial charge in [0.2, 0.25) is 5.91 Å². The molecule has 0 aliphatic heterocycles. The topological polar surface area (TPSA) is 90.3 Å². The van der Waals surface area contributed by atoms with Gasteiger partial charge in [0.15, 0.2) is 0 Å². The average molecular weight is 540 g/mol. The Morgan fingerprint density at radius 1 is 1.12 bits per heavy atom. The molecule has 2 aromatic carbocycles. The molecule has 174 valence electrons. The highest BCUT2D eigenvalue weighted by Gasteiger charge is 2.15. The Morgan fingerprint density at radius 3 is 2.56 bits per heavy atom. The maximum Gasteiger partial charge on any atom is 0.338 e. The van der Waals surface area contributed by atoms with Gasteiger partial charge in [0.1, 0.15) is 11.4 Å². The van der Waals surface area contributed by atoms with Crippen molar-refractivity contribution in [2.45, 2.75) is 26.3 Å². The van der Waals surface area contributed by atoms with Gasteiger partial charge in [-0.05, 0) is 48.4 Å². The maximum atomic E-state index is 13.2. The van der Waals surface area contributed by atoms with Crippen LogP contribution in [-0.4, -0.2) is 28.0 Å². The van der Waals surface area contributed by atoms with E-state index in [0.29, 0.717) is 28.1 Å². The van der Waals surface area contributed by atoms with Crippen molar-refractivity contribution in [1.82, 2.24) is 9.55 Å². The van der Waals surface area contributed by atoms with Gasteiger partial charge in [-0.25, -0.2) is 9.78 Å². The van der Waals surface area contributed by atoms with Gasteiger partial charge in [-0.3, -0.25) is 14.2 Å². The summed E-state index contributed by atoms with van der Waals surface area (Å²) in [5, 5.41) is 5.15. The van der Waals surface area contributed by atoms with Crippen LogP contribution in [0.1, 0.15) is 30.1 Å². The molecule has 2 aromatic heterocycles. The Labute approximate surface area is 208 Å². The van der Waals surface area contributed by atoms with Crippen molar-refractivity contribution < 1.29 is 14.3 Å². The fourth-order valence-electron chi connectivity index (χ4n) is 3.36. The number of aromatic nitrogens is 2. The fourth-order valence-corrected chi connectivity index (χ4v) is 4.53. The van der Waals surface area contributed by atoms with Gasteiger partial charge in [0.25, 0.3) is 5.56 Å². The van der Waals surface area contributed by atoms with E-state index < -0.39 is 5.97 Å². The number of unbranched alkanes of at least 4 members (excludes halogenated alkanes) is 1. The molecule has 4 rings (SSSR count). The Kier molecular flexibility index (Phi) is 7.54. The number of carbonyl (C=O) groups is 2. The van der Waals surface area contributed by atoms with Crippen molar-refractivity contribution in [3.63, 3.8) is 0 Å². The second-order valence-electron chi connectivity index (χ2n) is 7.63. The number of hydrogen-bond acceptors (Lipinski definition) is 6. The second kappa shape index (κ2) is 10.8. The molecule has 0 aliphatic carbocycles. The molecular formula is C25H22BrN3O4S. The molecule has 0 saturated heterocycles. The first-order chi connectivity index (χ1) is 16.5. The zero-order valence-corrected chi connectivity index (χ0v) is 20.8. The number of benzene rings is 2. The summed E-state index contributed by atoms with van der Waals surface area (Å²) in [6, 6.07) is 14.1. The number of hydrogen-bond donors (Lipinski definition) is 1. The van der Waals surface area contributed by atoms with E-state index in [0.717, 1.165) is 28.4 Å². The molecule has 0 spiro atoms. The zero-order chi connectivity index (χ0) is 24.1. The van der Waals surface area contributed by atoms with E-state index in [2.05, 4.69) is 26.2 Å². The first kappa shape index (κ1) is 23.8. The summed E-state index contributed by atoms with van der Waals surface area (Å²) < 4.78 is 7.43. The Bertz CT molecular complexity index is 1380. The van der Waals surface area contributed by atoms with Crippen molar-refractivity contribution >= 4 is 55.0 Å². The Balaban J connectivity index is 1.47.